The average Bonchev–Trinajstić information content (AvgIpc) is 3.00. The summed E-state index contributed by atoms with van der Waals surface area (Å²) < 4.78 is 9.22. The summed E-state index contributed by atoms with van der Waals surface area (Å²) in [5, 5.41) is 8.27. The number of ketones is 2. The second-order valence-electron chi connectivity index (χ2n) is 4.28. The Balaban J connectivity index is 2.11. The number of carbonyl (C=O) groups is 4. The molecule has 0 saturated carbocycles. The van der Waals surface area contributed by atoms with Gasteiger partial charge in [-0.2, -0.15) is 0 Å². The van der Waals surface area contributed by atoms with Gasteiger partial charge in [-0.25, -0.2) is 4.79 Å². The van der Waals surface area contributed by atoms with E-state index in [0.717, 1.165) is 17.8 Å². The molecule has 0 aliphatic heterocycles. The summed E-state index contributed by atoms with van der Waals surface area (Å²) in [6.45, 7) is 0.245. The highest BCUT2D eigenvalue weighted by molar-refractivity contribution is 8.04. The zero-order chi connectivity index (χ0) is 17.0. The molecule has 0 radical (unpaired) electrons. The predicted molar refractivity (Wildman–Crippen MR) is 79.5 cm³/mol. The molecule has 0 bridgehead atoms. The van der Waals surface area contributed by atoms with Gasteiger partial charge in [0.25, 0.3) is 5.91 Å². The number of ether oxygens (including phenoxy) is 1. The molecule has 10 heteroatoms. The van der Waals surface area contributed by atoms with E-state index >= 15 is 0 Å². The van der Waals surface area contributed by atoms with Crippen LogP contribution in [0.2, 0.25) is 0 Å². The predicted octanol–water partition coefficient (Wildman–Crippen LogP) is 0.386. The fourth-order valence-corrected chi connectivity index (χ4v) is 2.66. The van der Waals surface area contributed by atoms with Gasteiger partial charge in [0.05, 0.1) is 12.0 Å². The van der Waals surface area contributed by atoms with E-state index in [9.17, 15) is 19.2 Å². The van der Waals surface area contributed by atoms with Crippen LogP contribution in [0.5, 0.6) is 0 Å². The molecular weight excluding hydrogens is 326 g/mol. The maximum atomic E-state index is 12.4. The van der Waals surface area contributed by atoms with Crippen molar-refractivity contribution in [1.29, 1.82) is 0 Å². The van der Waals surface area contributed by atoms with Crippen LogP contribution in [0.4, 0.5) is 4.79 Å². The number of fused-ring (bicyclic) bond motifs is 1. The average molecular weight is 339 g/mol. The summed E-state index contributed by atoms with van der Waals surface area (Å²) in [7, 11) is 2.62. The Hall–Kier alpha value is -2.62. The maximum Gasteiger partial charge on any atom is 0.406 e. The molecule has 1 aliphatic rings. The first-order valence-electron chi connectivity index (χ1n) is 6.46. The number of aromatic nitrogens is 1. The Kier molecular flexibility index (Phi) is 5.16. The van der Waals surface area contributed by atoms with Gasteiger partial charge in [-0.05, 0) is 0 Å². The highest BCUT2D eigenvalue weighted by Gasteiger charge is 2.35. The molecule has 0 atom stereocenters. The second-order valence-corrected chi connectivity index (χ2v) is 5.42. The topological polar surface area (TPSA) is 128 Å². The summed E-state index contributed by atoms with van der Waals surface area (Å²) in [6, 6.07) is 0. The number of hydrogen-bond acceptors (Lipinski definition) is 8. The van der Waals surface area contributed by atoms with Crippen molar-refractivity contribution in [3.05, 3.63) is 28.0 Å². The molecule has 23 heavy (non-hydrogen) atoms. The lowest BCUT2D eigenvalue weighted by Crippen LogP contribution is -2.26. The van der Waals surface area contributed by atoms with E-state index in [0.29, 0.717) is 5.75 Å². The van der Waals surface area contributed by atoms with Crippen molar-refractivity contribution in [1.82, 2.24) is 15.8 Å². The second kappa shape index (κ2) is 7.09. The first kappa shape index (κ1) is 16.7. The third-order valence-electron chi connectivity index (χ3n) is 2.89. The minimum absolute atomic E-state index is 0.139. The van der Waals surface area contributed by atoms with Crippen LogP contribution in [-0.4, -0.2) is 55.2 Å². The van der Waals surface area contributed by atoms with E-state index < -0.39 is 23.6 Å². The van der Waals surface area contributed by atoms with Gasteiger partial charge in [0.15, 0.2) is 5.69 Å². The number of nitrogens with zero attached hydrogens (tertiary/aromatic N) is 1. The van der Waals surface area contributed by atoms with Crippen molar-refractivity contribution in [2.45, 2.75) is 0 Å². The van der Waals surface area contributed by atoms with Crippen LogP contribution in [0.15, 0.2) is 15.5 Å². The van der Waals surface area contributed by atoms with Gasteiger partial charge in [0.2, 0.25) is 17.3 Å². The van der Waals surface area contributed by atoms with Crippen LogP contribution in [0.1, 0.15) is 31.4 Å². The van der Waals surface area contributed by atoms with Crippen molar-refractivity contribution < 1.29 is 28.4 Å². The molecule has 1 aromatic heterocycles. The quantitative estimate of drug-likeness (QED) is 0.737. The Bertz CT molecular complexity index is 709. The minimum atomic E-state index is -0.616. The summed E-state index contributed by atoms with van der Waals surface area (Å²) in [6.07, 6.45) is 0.542. The number of carbonyl (C=O) groups excluding carboxylic acids is 4. The Morgan fingerprint density at radius 1 is 1.39 bits per heavy atom. The lowest BCUT2D eigenvalue weighted by Gasteiger charge is -2.10. The number of amides is 2. The first-order valence-corrected chi connectivity index (χ1v) is 7.45. The van der Waals surface area contributed by atoms with E-state index in [1.54, 1.807) is 0 Å². The van der Waals surface area contributed by atoms with Crippen LogP contribution >= 0.6 is 11.8 Å². The van der Waals surface area contributed by atoms with E-state index in [1.165, 1.54) is 14.2 Å². The zero-order valence-corrected chi connectivity index (χ0v) is 13.1. The van der Waals surface area contributed by atoms with Crippen LogP contribution in [0.3, 0.4) is 0 Å². The Morgan fingerprint density at radius 2 is 2.13 bits per heavy atom. The van der Waals surface area contributed by atoms with Crippen molar-refractivity contribution in [2.75, 3.05) is 26.5 Å². The summed E-state index contributed by atoms with van der Waals surface area (Å²) in [5.41, 5.74) is -0.361. The fourth-order valence-electron chi connectivity index (χ4n) is 1.81. The number of rotatable bonds is 5. The largest absolute Gasteiger partial charge is 0.453 e. The summed E-state index contributed by atoms with van der Waals surface area (Å²) in [4.78, 5) is 47.1. The summed E-state index contributed by atoms with van der Waals surface area (Å²) >= 11 is 1.08. The van der Waals surface area contributed by atoms with E-state index in [1.807, 2.05) is 0 Å². The smallest absolute Gasteiger partial charge is 0.406 e. The number of thioether (sulfide) groups is 1. The molecule has 0 saturated heterocycles. The number of Topliss-reactive ketones (excluding diaryl/α,β-unsaturated/α-hetero) is 1. The third-order valence-corrected chi connectivity index (χ3v) is 3.91. The highest BCUT2D eigenvalue weighted by atomic mass is 32.2. The van der Waals surface area contributed by atoms with Crippen LogP contribution in [0, 0.1) is 0 Å². The van der Waals surface area contributed by atoms with Crippen molar-refractivity contribution in [3.63, 3.8) is 0 Å². The third kappa shape index (κ3) is 3.42. The number of hydrogen-bond donors (Lipinski definition) is 2. The standard InChI is InChI=1S/C13H13N3O6S/c1-14-12(19)9-8-10(18)7(5-6(17)11(8)22-16-9)23-4-3-15-13(20)21-2/h5H,3-4H2,1-2H3,(H,14,19)(H,15,20). The van der Waals surface area contributed by atoms with Gasteiger partial charge < -0.3 is 19.9 Å². The maximum absolute atomic E-state index is 12.4. The van der Waals surface area contributed by atoms with Crippen molar-refractivity contribution >= 4 is 35.3 Å². The molecule has 9 nitrogen and oxygen atoms in total. The molecular formula is C13H13N3O6S. The van der Waals surface area contributed by atoms with Crippen molar-refractivity contribution in [2.24, 2.45) is 0 Å². The molecule has 0 aromatic carbocycles. The van der Waals surface area contributed by atoms with E-state index in [-0.39, 0.29) is 28.5 Å². The SMILES string of the molecule is CNC(=O)c1noc2c1C(=O)C(SCCNC(=O)OC)=CC2=O. The van der Waals surface area contributed by atoms with Gasteiger partial charge in [0, 0.05) is 25.4 Å². The van der Waals surface area contributed by atoms with Crippen LogP contribution in [0.25, 0.3) is 0 Å². The molecule has 0 unspecified atom stereocenters. The summed E-state index contributed by atoms with van der Waals surface area (Å²) in [5.74, 6) is -1.57. The van der Waals surface area contributed by atoms with Gasteiger partial charge in [-0.3, -0.25) is 14.4 Å². The van der Waals surface area contributed by atoms with Gasteiger partial charge in [-0.15, -0.1) is 11.8 Å². The Labute approximate surface area is 134 Å². The normalized spacial score (nSPS) is 13.2. The first-order chi connectivity index (χ1) is 11.0. The number of allylic oxidation sites excluding steroid dienone is 2. The minimum Gasteiger partial charge on any atom is -0.453 e. The van der Waals surface area contributed by atoms with Crippen LogP contribution in [-0.2, 0) is 4.74 Å². The molecule has 2 amide bonds. The molecule has 1 heterocycles. The molecule has 0 fully saturated rings. The molecule has 1 aromatic rings. The fraction of sp³-hybridized carbons (Fsp3) is 0.308. The molecule has 0 spiro atoms. The van der Waals surface area contributed by atoms with Gasteiger partial charge >= 0.3 is 6.09 Å². The number of nitrogens with one attached hydrogen (secondary N) is 2. The molecule has 2 rings (SSSR count). The lowest BCUT2D eigenvalue weighted by atomic mass is 10.00. The number of methoxy groups -OCH3 is 1. The molecule has 2 N–H and O–H groups in total. The molecule has 1 aliphatic carbocycles. The Morgan fingerprint density at radius 3 is 2.78 bits per heavy atom. The van der Waals surface area contributed by atoms with E-state index in [4.69, 9.17) is 4.52 Å². The van der Waals surface area contributed by atoms with E-state index in [2.05, 4.69) is 20.5 Å². The highest BCUT2D eigenvalue weighted by Crippen LogP contribution is 2.30. The van der Waals surface area contributed by atoms with Gasteiger partial charge in [0.1, 0.15) is 5.56 Å². The van der Waals surface area contributed by atoms with Gasteiger partial charge in [-0.1, -0.05) is 5.16 Å². The monoisotopic (exact) mass is 339 g/mol. The lowest BCUT2D eigenvalue weighted by molar-refractivity contribution is 0.0944. The number of alkyl carbamates (subject to hydrolysis) is 1. The van der Waals surface area contributed by atoms with Crippen molar-refractivity contribution in [3.8, 4) is 0 Å². The molecule has 122 valence electrons. The van der Waals surface area contributed by atoms with Crippen LogP contribution < -0.4 is 10.6 Å². The zero-order valence-electron chi connectivity index (χ0n) is 12.3.